The Kier molecular flexibility index (Phi) is 7.97. The first-order valence-corrected chi connectivity index (χ1v) is 12.8. The van der Waals surface area contributed by atoms with Crippen LogP contribution in [0.4, 0.5) is 0 Å². The molecule has 0 radical (unpaired) electrons. The largest absolute Gasteiger partial charge is 0.336 e. The molecule has 3 rings (SSSR count). The summed E-state index contributed by atoms with van der Waals surface area (Å²) in [6.07, 6.45) is 13.9. The molecule has 5 heteroatoms. The highest BCUT2D eigenvalue weighted by atomic mass is 79.9. The summed E-state index contributed by atoms with van der Waals surface area (Å²) in [5.74, 6) is 0. The van der Waals surface area contributed by atoms with Crippen LogP contribution in [-0.4, -0.2) is 10.9 Å². The van der Waals surface area contributed by atoms with Crippen LogP contribution in [0.5, 0.6) is 0 Å². The van der Waals surface area contributed by atoms with Crippen molar-refractivity contribution >= 4 is 65.3 Å². The number of aldehydes is 1. The summed E-state index contributed by atoms with van der Waals surface area (Å²) in [6, 6.07) is 4.92. The lowest BCUT2D eigenvalue weighted by molar-refractivity contribution is 0.112. The highest BCUT2D eigenvalue weighted by Crippen LogP contribution is 2.44. The Morgan fingerprint density at radius 1 is 0.926 bits per heavy atom. The Labute approximate surface area is 179 Å². The quantitative estimate of drug-likeness (QED) is 0.192. The van der Waals surface area contributed by atoms with Gasteiger partial charge in [-0.05, 0) is 40.9 Å². The van der Waals surface area contributed by atoms with Crippen LogP contribution in [-0.2, 0) is 0 Å². The van der Waals surface area contributed by atoms with Crippen molar-refractivity contribution in [3.05, 3.63) is 20.8 Å². The third-order valence-electron chi connectivity index (χ3n) is 5.40. The first-order valence-electron chi connectivity index (χ1n) is 10.4. The van der Waals surface area contributed by atoms with Crippen molar-refractivity contribution in [2.75, 3.05) is 0 Å². The summed E-state index contributed by atoms with van der Waals surface area (Å²) in [5.41, 5.74) is 2.62. The van der Waals surface area contributed by atoms with Crippen LogP contribution < -0.4 is 0 Å². The Hall–Kier alpha value is -0.650. The lowest BCUT2D eigenvalue weighted by Crippen LogP contribution is -2.09. The Morgan fingerprint density at radius 3 is 2.11 bits per heavy atom. The summed E-state index contributed by atoms with van der Waals surface area (Å²) >= 11 is 7.12. The van der Waals surface area contributed by atoms with Crippen molar-refractivity contribution in [3.63, 3.8) is 0 Å². The van der Waals surface area contributed by atoms with Crippen molar-refractivity contribution < 1.29 is 4.79 Å². The Bertz CT molecular complexity index is 864. The molecule has 0 atom stereocenters. The molecule has 0 saturated carbocycles. The van der Waals surface area contributed by atoms with Gasteiger partial charge in [0.1, 0.15) is 0 Å². The molecule has 2 nitrogen and oxygen atoms in total. The number of carbonyl (C=O) groups is 1. The molecule has 0 N–H and O–H groups in total. The molecule has 27 heavy (non-hydrogen) atoms. The lowest BCUT2D eigenvalue weighted by Gasteiger charge is -2.21. The number of hydrogen-bond donors (Lipinski definition) is 0. The van der Waals surface area contributed by atoms with Gasteiger partial charge in [0.05, 0.1) is 29.1 Å². The minimum absolute atomic E-state index is 0.536. The van der Waals surface area contributed by atoms with Crippen LogP contribution in [0.25, 0.3) is 20.4 Å². The molecule has 0 aliphatic rings. The summed E-state index contributed by atoms with van der Waals surface area (Å²) in [4.78, 5) is 12.2. The number of unbranched alkanes of at least 4 members (excludes halogenated alkanes) is 6. The molecule has 0 fully saturated rings. The summed E-state index contributed by atoms with van der Waals surface area (Å²) in [5, 5.41) is 0. The van der Waals surface area contributed by atoms with Crippen LogP contribution >= 0.6 is 38.6 Å². The SMILES string of the molecule is CCCCCCC(CCCCCC)n1c2cc(Br)sc2c2sc(C=O)cc21. The lowest BCUT2D eigenvalue weighted by atomic mass is 10.0. The molecule has 0 aromatic carbocycles. The maximum Gasteiger partial charge on any atom is 0.160 e. The van der Waals surface area contributed by atoms with Crippen LogP contribution in [0.3, 0.4) is 0 Å². The monoisotopic (exact) mass is 467 g/mol. The van der Waals surface area contributed by atoms with Gasteiger partial charge in [0.15, 0.2) is 6.29 Å². The molecule has 0 amide bonds. The minimum atomic E-state index is 0.536. The van der Waals surface area contributed by atoms with E-state index in [1.165, 1.54) is 88.4 Å². The molecule has 3 aromatic rings. The van der Waals surface area contributed by atoms with E-state index in [-0.39, 0.29) is 0 Å². The van der Waals surface area contributed by atoms with Gasteiger partial charge in [-0.15, -0.1) is 22.7 Å². The third kappa shape index (κ3) is 4.86. The van der Waals surface area contributed by atoms with Gasteiger partial charge in [0.25, 0.3) is 0 Å². The van der Waals surface area contributed by atoms with Gasteiger partial charge in [-0.1, -0.05) is 65.2 Å². The Balaban J connectivity index is 1.95. The highest BCUT2D eigenvalue weighted by Gasteiger charge is 2.22. The number of carbonyl (C=O) groups excluding carboxylic acids is 1. The topological polar surface area (TPSA) is 22.0 Å². The smallest absolute Gasteiger partial charge is 0.160 e. The van der Waals surface area contributed by atoms with E-state index in [0.717, 1.165) is 11.2 Å². The number of nitrogens with zero attached hydrogens (tertiary/aromatic N) is 1. The van der Waals surface area contributed by atoms with Gasteiger partial charge in [0.2, 0.25) is 0 Å². The maximum absolute atomic E-state index is 11.4. The van der Waals surface area contributed by atoms with Crippen molar-refractivity contribution in [2.24, 2.45) is 0 Å². The van der Waals surface area contributed by atoms with Crippen molar-refractivity contribution in [2.45, 2.75) is 84.1 Å². The average Bonchev–Trinajstić information content (AvgIpc) is 3.31. The second-order valence-electron chi connectivity index (χ2n) is 7.47. The van der Waals surface area contributed by atoms with Crippen LogP contribution in [0.2, 0.25) is 0 Å². The number of fused-ring (bicyclic) bond motifs is 3. The molecule has 0 aliphatic heterocycles. The van der Waals surface area contributed by atoms with E-state index in [1.807, 2.05) is 0 Å². The summed E-state index contributed by atoms with van der Waals surface area (Å²) in [6.45, 7) is 4.55. The van der Waals surface area contributed by atoms with Gasteiger partial charge < -0.3 is 4.57 Å². The molecule has 148 valence electrons. The summed E-state index contributed by atoms with van der Waals surface area (Å²) < 4.78 is 6.37. The molecule has 0 saturated heterocycles. The molecular weight excluding hydrogens is 438 g/mol. The predicted octanol–water partition coefficient (Wildman–Crippen LogP) is 8.97. The minimum Gasteiger partial charge on any atom is -0.336 e. The number of rotatable bonds is 12. The van der Waals surface area contributed by atoms with Crippen molar-refractivity contribution in [1.29, 1.82) is 0 Å². The first kappa shape index (κ1) is 21.1. The molecule has 0 spiro atoms. The molecule has 0 unspecified atom stereocenters. The van der Waals surface area contributed by atoms with Crippen molar-refractivity contribution in [3.8, 4) is 0 Å². The Morgan fingerprint density at radius 2 is 1.52 bits per heavy atom. The van der Waals surface area contributed by atoms with Crippen LogP contribution in [0.15, 0.2) is 15.9 Å². The molecular formula is C22H30BrNOS2. The fourth-order valence-corrected chi connectivity index (χ4v) is 6.72. The number of halogens is 1. The standard InChI is InChI=1S/C22H30BrNOS2/c1-3-5-7-9-11-16(12-10-8-6-4-2)24-18-13-17(15-25)26-21(18)22-19(24)14-20(23)27-22/h13-16H,3-12H2,1-2H3. The van der Waals surface area contributed by atoms with E-state index >= 15 is 0 Å². The van der Waals surface area contributed by atoms with E-state index in [9.17, 15) is 4.79 Å². The first-order chi connectivity index (χ1) is 13.2. The maximum atomic E-state index is 11.4. The van der Waals surface area contributed by atoms with E-state index in [4.69, 9.17) is 0 Å². The predicted molar refractivity (Wildman–Crippen MR) is 125 cm³/mol. The second-order valence-corrected chi connectivity index (χ2v) is 11.0. The summed E-state index contributed by atoms with van der Waals surface area (Å²) in [7, 11) is 0. The van der Waals surface area contributed by atoms with Crippen LogP contribution in [0.1, 0.15) is 93.8 Å². The zero-order valence-corrected chi connectivity index (χ0v) is 19.6. The zero-order chi connectivity index (χ0) is 19.2. The molecule has 3 aromatic heterocycles. The van der Waals surface area contributed by atoms with E-state index in [1.54, 1.807) is 22.7 Å². The number of thiophene rings is 2. The van der Waals surface area contributed by atoms with Gasteiger partial charge in [-0.25, -0.2) is 0 Å². The van der Waals surface area contributed by atoms with E-state index < -0.39 is 0 Å². The number of aromatic nitrogens is 1. The molecule has 3 heterocycles. The van der Waals surface area contributed by atoms with Crippen LogP contribution in [0, 0.1) is 0 Å². The third-order valence-corrected chi connectivity index (χ3v) is 8.24. The van der Waals surface area contributed by atoms with Gasteiger partial charge >= 0.3 is 0 Å². The van der Waals surface area contributed by atoms with E-state index in [2.05, 4.69) is 46.5 Å². The van der Waals surface area contributed by atoms with Gasteiger partial charge in [-0.3, -0.25) is 4.79 Å². The normalized spacial score (nSPS) is 12.0. The molecule has 0 aliphatic carbocycles. The highest BCUT2D eigenvalue weighted by molar-refractivity contribution is 9.11. The van der Waals surface area contributed by atoms with E-state index in [0.29, 0.717) is 6.04 Å². The van der Waals surface area contributed by atoms with Gasteiger partial charge in [0, 0.05) is 6.04 Å². The molecule has 0 bridgehead atoms. The van der Waals surface area contributed by atoms with Crippen molar-refractivity contribution in [1.82, 2.24) is 4.57 Å². The second kappa shape index (κ2) is 10.2. The fourth-order valence-electron chi connectivity index (χ4n) is 4.03. The average molecular weight is 469 g/mol. The fraction of sp³-hybridized carbons (Fsp3) is 0.591. The van der Waals surface area contributed by atoms with Gasteiger partial charge in [-0.2, -0.15) is 0 Å². The zero-order valence-electron chi connectivity index (χ0n) is 16.4. The number of hydrogen-bond acceptors (Lipinski definition) is 3.